The van der Waals surface area contributed by atoms with Crippen molar-refractivity contribution in [3.63, 3.8) is 0 Å². The maximum absolute atomic E-state index is 10.8. The van der Waals surface area contributed by atoms with Crippen LogP contribution in [0.2, 0.25) is 0 Å². The number of ether oxygens (including phenoxy) is 2. The fourth-order valence-corrected chi connectivity index (χ4v) is 0.794. The minimum absolute atomic E-state index is 0.157. The van der Waals surface area contributed by atoms with Crippen LogP contribution >= 0.6 is 0 Å². The molecular formula is C9H11N5O4. The molecule has 9 heteroatoms. The Kier molecular flexibility index (Phi) is 5.03. The van der Waals surface area contributed by atoms with Crippen molar-refractivity contribution in [2.75, 3.05) is 19.5 Å². The van der Waals surface area contributed by atoms with E-state index < -0.39 is 11.9 Å². The molecule has 0 fully saturated rings. The number of nitrogens with zero attached hydrogens (tertiary/aromatic N) is 4. The Morgan fingerprint density at radius 2 is 1.89 bits per heavy atom. The molecule has 0 atom stereocenters. The van der Waals surface area contributed by atoms with Crippen LogP contribution in [0.1, 0.15) is 0 Å². The van der Waals surface area contributed by atoms with Crippen molar-refractivity contribution < 1.29 is 19.1 Å². The molecule has 0 amide bonds. The smallest absolute Gasteiger partial charge is 0.332 e. The Morgan fingerprint density at radius 3 is 2.56 bits per heavy atom. The summed E-state index contributed by atoms with van der Waals surface area (Å²) < 4.78 is 8.77. The first-order valence-electron chi connectivity index (χ1n) is 4.72. The van der Waals surface area contributed by atoms with E-state index >= 15 is 0 Å². The largest absolute Gasteiger partial charge is 0.466 e. The van der Waals surface area contributed by atoms with Crippen LogP contribution < -0.4 is 5.32 Å². The van der Waals surface area contributed by atoms with Crippen LogP contribution in [-0.4, -0.2) is 46.4 Å². The Balaban J connectivity index is 2.53. The van der Waals surface area contributed by atoms with Crippen LogP contribution in [0.15, 0.2) is 18.4 Å². The van der Waals surface area contributed by atoms with Crippen molar-refractivity contribution in [3.8, 4) is 0 Å². The van der Waals surface area contributed by atoms with E-state index in [-0.39, 0.29) is 5.95 Å². The topological polar surface area (TPSA) is 108 Å². The van der Waals surface area contributed by atoms with Crippen molar-refractivity contribution in [2.45, 2.75) is 0 Å². The van der Waals surface area contributed by atoms with Crippen molar-refractivity contribution in [1.29, 1.82) is 0 Å². The lowest BCUT2D eigenvalue weighted by atomic mass is 10.6. The van der Waals surface area contributed by atoms with Gasteiger partial charge in [-0.1, -0.05) is 5.10 Å². The molecule has 0 aliphatic rings. The molecule has 1 aromatic rings. The van der Waals surface area contributed by atoms with Crippen LogP contribution in [0.5, 0.6) is 0 Å². The van der Waals surface area contributed by atoms with Crippen LogP contribution in [0.25, 0.3) is 6.20 Å². The van der Waals surface area contributed by atoms with Gasteiger partial charge < -0.3 is 14.8 Å². The second-order valence-electron chi connectivity index (χ2n) is 2.77. The molecule has 0 aliphatic heterocycles. The molecule has 0 unspecified atom stereocenters. The molecular weight excluding hydrogens is 242 g/mol. The predicted molar refractivity (Wildman–Crippen MR) is 59.9 cm³/mol. The third-order valence-electron chi connectivity index (χ3n) is 1.61. The van der Waals surface area contributed by atoms with E-state index in [9.17, 15) is 9.59 Å². The van der Waals surface area contributed by atoms with E-state index in [0.29, 0.717) is 0 Å². The molecule has 1 heterocycles. The second-order valence-corrected chi connectivity index (χ2v) is 2.77. The number of tetrazole rings is 1. The van der Waals surface area contributed by atoms with Gasteiger partial charge in [0.25, 0.3) is 5.95 Å². The summed E-state index contributed by atoms with van der Waals surface area (Å²) in [5.41, 5.74) is 0. The molecule has 1 aromatic heterocycles. The Morgan fingerprint density at radius 1 is 1.22 bits per heavy atom. The van der Waals surface area contributed by atoms with E-state index in [1.807, 2.05) is 0 Å². The first kappa shape index (κ1) is 13.4. The highest BCUT2D eigenvalue weighted by Gasteiger charge is 1.99. The number of esters is 2. The van der Waals surface area contributed by atoms with Gasteiger partial charge in [-0.3, -0.25) is 0 Å². The Bertz CT molecular complexity index is 479. The maximum Gasteiger partial charge on any atom is 0.332 e. The lowest BCUT2D eigenvalue weighted by Crippen LogP contribution is -1.99. The number of carbonyl (C=O) groups is 2. The van der Waals surface area contributed by atoms with Gasteiger partial charge in [-0.15, -0.1) is 9.90 Å². The zero-order valence-electron chi connectivity index (χ0n) is 9.73. The monoisotopic (exact) mass is 253 g/mol. The fraction of sp³-hybridized carbons (Fsp3) is 0.222. The fourth-order valence-electron chi connectivity index (χ4n) is 0.794. The minimum Gasteiger partial charge on any atom is -0.466 e. The first-order chi connectivity index (χ1) is 8.65. The van der Waals surface area contributed by atoms with Gasteiger partial charge in [0.15, 0.2) is 0 Å². The van der Waals surface area contributed by atoms with E-state index in [4.69, 9.17) is 0 Å². The van der Waals surface area contributed by atoms with Crippen molar-refractivity contribution >= 4 is 24.1 Å². The van der Waals surface area contributed by atoms with E-state index in [1.54, 1.807) is 0 Å². The molecule has 0 radical (unpaired) electrons. The summed E-state index contributed by atoms with van der Waals surface area (Å²) in [5.74, 6) is -0.891. The minimum atomic E-state index is -0.535. The third-order valence-corrected chi connectivity index (χ3v) is 1.61. The summed E-state index contributed by atoms with van der Waals surface area (Å²) in [6, 6.07) is 0. The number of hydrogen-bond donors (Lipinski definition) is 1. The summed E-state index contributed by atoms with van der Waals surface area (Å²) in [7, 11) is 2.52. The zero-order valence-corrected chi connectivity index (χ0v) is 9.73. The zero-order chi connectivity index (χ0) is 13.4. The highest BCUT2D eigenvalue weighted by atomic mass is 16.5. The summed E-state index contributed by atoms with van der Waals surface area (Å²) in [4.78, 5) is 22.6. The molecule has 1 N–H and O–H groups in total. The standard InChI is InChI=1S/C9H11N5O4/c1-17-7(15)3-5-10-9-11-13-14(12-9)6-4-8(16)18-2/h3-6H,1-2H3,(H,10,12)/b5-3+,6-4+. The van der Waals surface area contributed by atoms with Gasteiger partial charge in [-0.2, -0.15) is 0 Å². The number of anilines is 1. The molecule has 0 aromatic carbocycles. The van der Waals surface area contributed by atoms with Gasteiger partial charge in [0.05, 0.1) is 20.4 Å². The molecule has 96 valence electrons. The molecule has 0 saturated heterocycles. The number of methoxy groups -OCH3 is 2. The highest BCUT2D eigenvalue weighted by molar-refractivity contribution is 5.84. The van der Waals surface area contributed by atoms with Gasteiger partial charge in [0, 0.05) is 18.4 Å². The van der Waals surface area contributed by atoms with Gasteiger partial charge >= 0.3 is 11.9 Å². The summed E-state index contributed by atoms with van der Waals surface area (Å²) in [6.45, 7) is 0. The lowest BCUT2D eigenvalue weighted by molar-refractivity contribution is -0.135. The first-order valence-corrected chi connectivity index (χ1v) is 4.72. The average Bonchev–Trinajstić information content (AvgIpc) is 2.83. The van der Waals surface area contributed by atoms with Gasteiger partial charge in [0.2, 0.25) is 0 Å². The highest BCUT2D eigenvalue weighted by Crippen LogP contribution is 1.94. The Hall–Kier alpha value is -2.71. The molecule has 1 rings (SSSR count). The molecule has 18 heavy (non-hydrogen) atoms. The number of aromatic nitrogens is 4. The predicted octanol–water partition coefficient (Wildman–Crippen LogP) is -0.585. The summed E-state index contributed by atoms with van der Waals surface area (Å²) in [6.07, 6.45) is 4.87. The average molecular weight is 253 g/mol. The number of carbonyl (C=O) groups excluding carboxylic acids is 2. The summed E-state index contributed by atoms with van der Waals surface area (Å²) >= 11 is 0. The molecule has 9 nitrogen and oxygen atoms in total. The van der Waals surface area contributed by atoms with Crippen molar-refractivity contribution in [3.05, 3.63) is 18.4 Å². The molecule has 0 saturated carbocycles. The van der Waals surface area contributed by atoms with E-state index in [1.165, 1.54) is 26.6 Å². The molecule has 0 spiro atoms. The van der Waals surface area contributed by atoms with E-state index in [0.717, 1.165) is 16.9 Å². The number of hydrogen-bond acceptors (Lipinski definition) is 8. The number of rotatable bonds is 5. The quantitative estimate of drug-likeness (QED) is 0.548. The van der Waals surface area contributed by atoms with Crippen LogP contribution in [-0.2, 0) is 19.1 Å². The van der Waals surface area contributed by atoms with Gasteiger partial charge in [-0.05, 0) is 5.21 Å². The maximum atomic E-state index is 10.8. The molecule has 0 bridgehead atoms. The molecule has 0 aliphatic carbocycles. The van der Waals surface area contributed by atoms with Crippen LogP contribution in [0, 0.1) is 0 Å². The van der Waals surface area contributed by atoms with Gasteiger partial charge in [0.1, 0.15) is 0 Å². The number of nitrogens with one attached hydrogen (secondary N) is 1. The van der Waals surface area contributed by atoms with Crippen LogP contribution in [0.4, 0.5) is 5.95 Å². The van der Waals surface area contributed by atoms with Crippen LogP contribution in [0.3, 0.4) is 0 Å². The Labute approximate surface area is 102 Å². The second kappa shape index (κ2) is 6.78. The van der Waals surface area contributed by atoms with Crippen molar-refractivity contribution in [1.82, 2.24) is 20.2 Å². The van der Waals surface area contributed by atoms with E-state index in [2.05, 4.69) is 30.2 Å². The normalized spacial score (nSPS) is 10.8. The lowest BCUT2D eigenvalue weighted by Gasteiger charge is -1.91. The summed E-state index contributed by atoms with van der Waals surface area (Å²) in [5, 5.41) is 13.6. The third kappa shape index (κ3) is 4.43. The van der Waals surface area contributed by atoms with Gasteiger partial charge in [-0.25, -0.2) is 9.59 Å². The van der Waals surface area contributed by atoms with Crippen molar-refractivity contribution in [2.24, 2.45) is 0 Å². The SMILES string of the molecule is COC(=O)/C=C/Nc1nnn(/C=C/C(=O)OC)n1.